The quantitative estimate of drug-likeness (QED) is 0.803. The molecular formula is C17H21FN2OS. The zero-order valence-corrected chi connectivity index (χ0v) is 13.5. The molecule has 0 radical (unpaired) electrons. The van der Waals surface area contributed by atoms with Gasteiger partial charge < -0.3 is 10.6 Å². The molecule has 22 heavy (non-hydrogen) atoms. The highest BCUT2D eigenvalue weighted by atomic mass is 32.1. The summed E-state index contributed by atoms with van der Waals surface area (Å²) >= 11 is 1.72. The topological polar surface area (TPSA) is 41.1 Å². The van der Waals surface area contributed by atoms with Gasteiger partial charge in [0.25, 0.3) is 0 Å². The number of amides is 2. The molecule has 2 N–H and O–H groups in total. The van der Waals surface area contributed by atoms with Crippen LogP contribution in [0.25, 0.3) is 0 Å². The Bertz CT molecular complexity index is 586. The Morgan fingerprint density at radius 3 is 2.82 bits per heavy atom. The van der Waals surface area contributed by atoms with Crippen LogP contribution < -0.4 is 10.6 Å². The van der Waals surface area contributed by atoms with E-state index < -0.39 is 6.67 Å². The molecule has 1 aromatic heterocycles. The van der Waals surface area contributed by atoms with Crippen molar-refractivity contribution in [3.63, 3.8) is 0 Å². The predicted molar refractivity (Wildman–Crippen MR) is 89.3 cm³/mol. The van der Waals surface area contributed by atoms with Gasteiger partial charge in [-0.25, -0.2) is 9.18 Å². The number of nitrogens with one attached hydrogen (secondary N) is 2. The lowest BCUT2D eigenvalue weighted by Gasteiger charge is -2.18. The van der Waals surface area contributed by atoms with Gasteiger partial charge in [0.05, 0.1) is 0 Å². The normalized spacial score (nSPS) is 11.9. The second-order valence-corrected chi connectivity index (χ2v) is 6.25. The molecule has 0 aliphatic carbocycles. The summed E-state index contributed by atoms with van der Waals surface area (Å²) in [7, 11) is 0. The van der Waals surface area contributed by atoms with E-state index in [0.717, 1.165) is 6.42 Å². The van der Waals surface area contributed by atoms with Crippen molar-refractivity contribution in [1.82, 2.24) is 10.6 Å². The molecule has 1 atom stereocenters. The Morgan fingerprint density at radius 2 is 2.14 bits per heavy atom. The Kier molecular flexibility index (Phi) is 6.40. The summed E-state index contributed by atoms with van der Waals surface area (Å²) in [6.07, 6.45) is 0.879. The van der Waals surface area contributed by atoms with Gasteiger partial charge in [-0.2, -0.15) is 0 Å². The number of thiophene rings is 1. The lowest BCUT2D eigenvalue weighted by Crippen LogP contribution is -2.39. The molecule has 1 unspecified atom stereocenters. The SMILES string of the molecule is Cc1cccc(C(CNC(=O)NCCF)Cc2cccs2)c1. The minimum Gasteiger partial charge on any atom is -0.338 e. The summed E-state index contributed by atoms with van der Waals surface area (Å²) < 4.78 is 12.1. The average Bonchev–Trinajstić information content (AvgIpc) is 3.02. The van der Waals surface area contributed by atoms with Crippen LogP contribution in [0, 0.1) is 6.92 Å². The highest BCUT2D eigenvalue weighted by molar-refractivity contribution is 7.09. The Labute approximate surface area is 134 Å². The molecule has 0 fully saturated rings. The van der Waals surface area contributed by atoms with Crippen LogP contribution in [0.3, 0.4) is 0 Å². The van der Waals surface area contributed by atoms with E-state index in [9.17, 15) is 9.18 Å². The van der Waals surface area contributed by atoms with E-state index in [2.05, 4.69) is 47.2 Å². The molecule has 0 bridgehead atoms. The van der Waals surface area contributed by atoms with E-state index in [0.29, 0.717) is 6.54 Å². The van der Waals surface area contributed by atoms with Gasteiger partial charge in [0, 0.05) is 23.9 Å². The first-order valence-electron chi connectivity index (χ1n) is 7.35. The van der Waals surface area contributed by atoms with Gasteiger partial charge in [-0.3, -0.25) is 0 Å². The van der Waals surface area contributed by atoms with Gasteiger partial charge in [-0.05, 0) is 30.4 Å². The van der Waals surface area contributed by atoms with E-state index in [4.69, 9.17) is 0 Å². The van der Waals surface area contributed by atoms with Crippen LogP contribution in [0.4, 0.5) is 9.18 Å². The summed E-state index contributed by atoms with van der Waals surface area (Å²) in [5.74, 6) is 0.203. The highest BCUT2D eigenvalue weighted by Gasteiger charge is 2.14. The van der Waals surface area contributed by atoms with E-state index in [1.807, 2.05) is 12.1 Å². The third kappa shape index (κ3) is 5.15. The van der Waals surface area contributed by atoms with Crippen molar-refractivity contribution < 1.29 is 9.18 Å². The van der Waals surface area contributed by atoms with E-state index in [-0.39, 0.29) is 18.5 Å². The van der Waals surface area contributed by atoms with Crippen LogP contribution in [0.5, 0.6) is 0 Å². The molecular weight excluding hydrogens is 299 g/mol. The van der Waals surface area contributed by atoms with Gasteiger partial charge in [-0.1, -0.05) is 35.9 Å². The molecule has 1 heterocycles. The molecule has 1 aromatic carbocycles. The van der Waals surface area contributed by atoms with Crippen molar-refractivity contribution in [3.8, 4) is 0 Å². The molecule has 3 nitrogen and oxygen atoms in total. The maximum Gasteiger partial charge on any atom is 0.314 e. The number of carbonyl (C=O) groups is 1. The number of carbonyl (C=O) groups excluding carboxylic acids is 1. The number of hydrogen-bond acceptors (Lipinski definition) is 2. The molecule has 0 spiro atoms. The first kappa shape index (κ1) is 16.5. The van der Waals surface area contributed by atoms with Gasteiger partial charge in [0.15, 0.2) is 0 Å². The molecule has 0 saturated carbocycles. The van der Waals surface area contributed by atoms with Crippen LogP contribution in [0.1, 0.15) is 21.9 Å². The second-order valence-electron chi connectivity index (χ2n) is 5.22. The van der Waals surface area contributed by atoms with Crippen molar-refractivity contribution in [2.45, 2.75) is 19.3 Å². The molecule has 0 aliphatic heterocycles. The molecule has 5 heteroatoms. The highest BCUT2D eigenvalue weighted by Crippen LogP contribution is 2.23. The largest absolute Gasteiger partial charge is 0.338 e. The number of rotatable bonds is 7. The van der Waals surface area contributed by atoms with E-state index in [1.165, 1.54) is 16.0 Å². The fourth-order valence-corrected chi connectivity index (χ4v) is 3.13. The first-order chi connectivity index (χ1) is 10.7. The predicted octanol–water partition coefficient (Wildman–Crippen LogP) is 3.65. The maximum atomic E-state index is 12.1. The minimum absolute atomic E-state index is 0.0475. The van der Waals surface area contributed by atoms with Crippen molar-refractivity contribution in [2.24, 2.45) is 0 Å². The van der Waals surface area contributed by atoms with Gasteiger partial charge in [0.2, 0.25) is 0 Å². The Morgan fingerprint density at radius 1 is 1.27 bits per heavy atom. The van der Waals surface area contributed by atoms with Crippen molar-refractivity contribution in [2.75, 3.05) is 19.8 Å². The van der Waals surface area contributed by atoms with E-state index >= 15 is 0 Å². The van der Waals surface area contributed by atoms with Crippen molar-refractivity contribution >= 4 is 17.4 Å². The third-order valence-corrected chi connectivity index (χ3v) is 4.33. The molecule has 0 aliphatic rings. The molecule has 2 rings (SSSR count). The summed E-state index contributed by atoms with van der Waals surface area (Å²) in [5.41, 5.74) is 2.41. The number of hydrogen-bond donors (Lipinski definition) is 2. The standard InChI is InChI=1S/C17H21FN2OS/c1-13-4-2-5-14(10-13)15(11-16-6-3-9-22-16)12-20-17(21)19-8-7-18/h2-6,9-10,15H,7-8,11-12H2,1H3,(H2,19,20,21). The molecule has 0 saturated heterocycles. The number of alkyl halides is 1. The van der Waals surface area contributed by atoms with E-state index in [1.54, 1.807) is 11.3 Å². The van der Waals surface area contributed by atoms with Crippen LogP contribution in [0.2, 0.25) is 0 Å². The summed E-state index contributed by atoms with van der Waals surface area (Å²) in [6, 6.07) is 12.2. The van der Waals surface area contributed by atoms with Gasteiger partial charge in [-0.15, -0.1) is 11.3 Å². The van der Waals surface area contributed by atoms with Gasteiger partial charge in [0.1, 0.15) is 6.67 Å². The average molecular weight is 320 g/mol. The van der Waals surface area contributed by atoms with Crippen molar-refractivity contribution in [1.29, 1.82) is 0 Å². The van der Waals surface area contributed by atoms with Crippen LogP contribution in [-0.4, -0.2) is 25.8 Å². The molecule has 2 amide bonds. The monoisotopic (exact) mass is 320 g/mol. The number of benzene rings is 1. The minimum atomic E-state index is -0.552. The molecule has 2 aromatic rings. The summed E-state index contributed by atoms with van der Waals surface area (Å²) in [5, 5.41) is 7.38. The van der Waals surface area contributed by atoms with Crippen LogP contribution >= 0.6 is 11.3 Å². The number of urea groups is 1. The lowest BCUT2D eigenvalue weighted by molar-refractivity contribution is 0.239. The lowest BCUT2D eigenvalue weighted by atomic mass is 9.93. The smallest absolute Gasteiger partial charge is 0.314 e. The molecule has 118 valence electrons. The Hall–Kier alpha value is -1.88. The zero-order chi connectivity index (χ0) is 15.8. The van der Waals surface area contributed by atoms with Gasteiger partial charge >= 0.3 is 6.03 Å². The first-order valence-corrected chi connectivity index (χ1v) is 8.23. The fourth-order valence-electron chi connectivity index (χ4n) is 2.34. The van der Waals surface area contributed by atoms with Crippen LogP contribution in [0.15, 0.2) is 41.8 Å². The third-order valence-electron chi connectivity index (χ3n) is 3.43. The number of halogens is 1. The van der Waals surface area contributed by atoms with Crippen molar-refractivity contribution in [3.05, 3.63) is 57.8 Å². The maximum absolute atomic E-state index is 12.1. The number of aryl methyl sites for hydroxylation is 1. The fraction of sp³-hybridized carbons (Fsp3) is 0.353. The summed E-state index contributed by atoms with van der Waals surface area (Å²) in [6.45, 7) is 2.09. The van der Waals surface area contributed by atoms with Crippen LogP contribution in [-0.2, 0) is 6.42 Å². The Balaban J connectivity index is 2.03. The summed E-state index contributed by atoms with van der Waals surface area (Å²) in [4.78, 5) is 12.9. The second kappa shape index (κ2) is 8.54. The zero-order valence-electron chi connectivity index (χ0n) is 12.6.